The van der Waals surface area contributed by atoms with Crippen LogP contribution in [-0.4, -0.2) is 100 Å². The number of nitrogens with one attached hydrogen (secondary N) is 1. The van der Waals surface area contributed by atoms with E-state index >= 15 is 9.59 Å². The molecule has 2 N–H and O–H groups in total. The summed E-state index contributed by atoms with van der Waals surface area (Å²) in [6.07, 6.45) is 2.71. The predicted octanol–water partition coefficient (Wildman–Crippen LogP) is 4.93. The highest BCUT2D eigenvalue weighted by molar-refractivity contribution is 9.09. The average Bonchev–Trinajstić information content (AvgIpc) is 3.81. The number of rotatable bonds is 19. The number of alkyl halides is 1. The van der Waals surface area contributed by atoms with E-state index in [-0.39, 0.29) is 50.8 Å². The van der Waals surface area contributed by atoms with Crippen molar-refractivity contribution in [1.29, 1.82) is 0 Å². The first kappa shape index (κ1) is 41.0. The normalized spacial score (nSPS) is 25.2. The average molecular weight is 829 g/mol. The van der Waals surface area contributed by atoms with E-state index in [1.165, 1.54) is 12.0 Å². The van der Waals surface area contributed by atoms with Crippen LogP contribution in [0.2, 0.25) is 0 Å². The summed E-state index contributed by atoms with van der Waals surface area (Å²) in [5.41, 5.74) is 0.972. The highest BCUT2D eigenvalue weighted by Gasteiger charge is 2.77. The molecule has 56 heavy (non-hydrogen) atoms. The number of esters is 1. The van der Waals surface area contributed by atoms with E-state index in [4.69, 9.17) is 14.2 Å². The van der Waals surface area contributed by atoms with Crippen LogP contribution in [0, 0.1) is 11.8 Å². The predicted molar refractivity (Wildman–Crippen MR) is 214 cm³/mol. The molecule has 0 radical (unpaired) electrons. The fraction of sp³-hybridized carbons (Fsp3) is 0.409. The lowest BCUT2D eigenvalue weighted by molar-refractivity contribution is -0.163. The number of hydrogen-bond acceptors (Lipinski definition) is 8. The SMILES string of the molecule is C=CCCC(=O)N[C@@H](COC)[C@@H](OC(=O)[C@@H]1[C@H]2O[C@@]3(CC2Br)[C@H](C(=O)N(CC=C)Cc2ccccc2)N([C@@H](CO)Cc2ccccc2)C(=O)[C@@H]13)c1ccccc1. The Labute approximate surface area is 336 Å². The second-order valence-corrected chi connectivity index (χ2v) is 15.8. The first-order chi connectivity index (χ1) is 27.2. The van der Waals surface area contributed by atoms with E-state index in [0.29, 0.717) is 12.0 Å². The molecule has 3 aromatic carbocycles. The van der Waals surface area contributed by atoms with Crippen molar-refractivity contribution in [3.8, 4) is 0 Å². The first-order valence-electron chi connectivity index (χ1n) is 19.0. The van der Waals surface area contributed by atoms with Crippen LogP contribution in [0.4, 0.5) is 0 Å². The van der Waals surface area contributed by atoms with Crippen LogP contribution in [0.5, 0.6) is 0 Å². The third-order valence-electron chi connectivity index (χ3n) is 11.0. The fourth-order valence-electron chi connectivity index (χ4n) is 8.64. The second kappa shape index (κ2) is 18.5. The van der Waals surface area contributed by atoms with Gasteiger partial charge in [-0.05, 0) is 36.0 Å². The van der Waals surface area contributed by atoms with Crippen molar-refractivity contribution in [3.05, 3.63) is 133 Å². The summed E-state index contributed by atoms with van der Waals surface area (Å²) >= 11 is 3.76. The van der Waals surface area contributed by atoms with E-state index in [2.05, 4.69) is 34.4 Å². The Morgan fingerprint density at radius 1 is 1.02 bits per heavy atom. The second-order valence-electron chi connectivity index (χ2n) is 14.7. The van der Waals surface area contributed by atoms with Crippen molar-refractivity contribution in [2.75, 3.05) is 26.9 Å². The van der Waals surface area contributed by atoms with Crippen LogP contribution >= 0.6 is 15.9 Å². The zero-order valence-electron chi connectivity index (χ0n) is 31.6. The molecule has 3 aliphatic heterocycles. The van der Waals surface area contributed by atoms with Gasteiger partial charge in [0.15, 0.2) is 0 Å². The van der Waals surface area contributed by atoms with Gasteiger partial charge in [-0.25, -0.2) is 0 Å². The molecule has 3 amide bonds. The van der Waals surface area contributed by atoms with Crippen molar-refractivity contribution in [1.82, 2.24) is 15.1 Å². The summed E-state index contributed by atoms with van der Waals surface area (Å²) in [7, 11) is 1.50. The van der Waals surface area contributed by atoms with Gasteiger partial charge >= 0.3 is 5.97 Å². The Bertz CT molecular complexity index is 1850. The molecule has 3 saturated heterocycles. The molecule has 12 heteroatoms. The van der Waals surface area contributed by atoms with Gasteiger partial charge < -0.3 is 34.4 Å². The topological polar surface area (TPSA) is 135 Å². The number of allylic oxidation sites excluding steroid dienone is 1. The lowest BCUT2D eigenvalue weighted by Crippen LogP contribution is -2.59. The minimum atomic E-state index is -1.41. The number of halogens is 1. The van der Waals surface area contributed by atoms with Gasteiger partial charge in [-0.1, -0.05) is 119 Å². The molecule has 1 spiro atoms. The van der Waals surface area contributed by atoms with Crippen molar-refractivity contribution < 1.29 is 38.5 Å². The van der Waals surface area contributed by atoms with Crippen LogP contribution in [0.3, 0.4) is 0 Å². The summed E-state index contributed by atoms with van der Waals surface area (Å²) in [6, 6.07) is 25.3. The maximum absolute atomic E-state index is 15.1. The van der Waals surface area contributed by atoms with Gasteiger partial charge in [-0.2, -0.15) is 0 Å². The summed E-state index contributed by atoms with van der Waals surface area (Å²) in [6.45, 7) is 7.67. The molecular weight excluding hydrogens is 778 g/mol. The molecule has 1 unspecified atom stereocenters. The number of ether oxygens (including phenoxy) is 3. The van der Waals surface area contributed by atoms with Crippen LogP contribution in [-0.2, 0) is 46.4 Å². The highest BCUT2D eigenvalue weighted by Crippen LogP contribution is 2.61. The van der Waals surface area contributed by atoms with Crippen molar-refractivity contribution in [2.45, 2.75) is 73.0 Å². The van der Waals surface area contributed by atoms with Crippen LogP contribution in [0.1, 0.15) is 42.1 Å². The molecule has 3 fully saturated rings. The van der Waals surface area contributed by atoms with Crippen molar-refractivity contribution in [3.63, 3.8) is 0 Å². The summed E-state index contributed by atoms with van der Waals surface area (Å²) in [4.78, 5) is 60.7. The number of carbonyl (C=O) groups is 4. The number of methoxy groups -OCH3 is 1. The molecule has 2 bridgehead atoms. The Hall–Kier alpha value is -4.62. The number of benzene rings is 3. The zero-order chi connectivity index (χ0) is 39.8. The lowest BCUT2D eigenvalue weighted by Gasteiger charge is -2.39. The number of nitrogens with zero attached hydrogens (tertiary/aromatic N) is 2. The van der Waals surface area contributed by atoms with Crippen molar-refractivity contribution in [2.24, 2.45) is 11.8 Å². The molecule has 3 heterocycles. The van der Waals surface area contributed by atoms with Gasteiger partial charge in [0.2, 0.25) is 17.7 Å². The molecule has 11 nitrogen and oxygen atoms in total. The third kappa shape index (κ3) is 8.39. The van der Waals surface area contributed by atoms with Gasteiger partial charge in [0, 0.05) is 31.4 Å². The molecule has 3 aliphatic rings. The van der Waals surface area contributed by atoms with Gasteiger partial charge in [0.05, 0.1) is 43.2 Å². The van der Waals surface area contributed by atoms with Crippen molar-refractivity contribution >= 4 is 39.6 Å². The number of amides is 3. The minimum Gasteiger partial charge on any atom is -0.455 e. The van der Waals surface area contributed by atoms with Crippen LogP contribution in [0.15, 0.2) is 116 Å². The number of aliphatic hydroxyl groups is 1. The maximum Gasteiger partial charge on any atom is 0.313 e. The van der Waals surface area contributed by atoms with E-state index in [1.54, 1.807) is 29.2 Å². The molecule has 0 aromatic heterocycles. The summed E-state index contributed by atoms with van der Waals surface area (Å²) in [5.74, 6) is -3.97. The van der Waals surface area contributed by atoms with Gasteiger partial charge in [0.25, 0.3) is 0 Å². The highest BCUT2D eigenvalue weighted by atomic mass is 79.9. The Balaban J connectivity index is 1.39. The number of carbonyl (C=O) groups excluding carboxylic acids is 4. The van der Waals surface area contributed by atoms with Crippen LogP contribution in [0.25, 0.3) is 0 Å². The lowest BCUT2D eigenvalue weighted by atomic mass is 9.70. The van der Waals surface area contributed by atoms with Crippen LogP contribution < -0.4 is 5.32 Å². The minimum absolute atomic E-state index is 0.0349. The molecule has 6 rings (SSSR count). The van der Waals surface area contributed by atoms with E-state index < -0.39 is 71.1 Å². The maximum atomic E-state index is 15.1. The smallest absolute Gasteiger partial charge is 0.313 e. The number of fused-ring (bicyclic) bond motifs is 1. The number of likely N-dealkylation sites (tertiary alicyclic amines) is 1. The largest absolute Gasteiger partial charge is 0.455 e. The monoisotopic (exact) mass is 827 g/mol. The van der Waals surface area contributed by atoms with Gasteiger partial charge in [0.1, 0.15) is 17.7 Å². The van der Waals surface area contributed by atoms with Gasteiger partial charge in [-0.15, -0.1) is 13.2 Å². The zero-order valence-corrected chi connectivity index (χ0v) is 33.2. The molecule has 0 saturated carbocycles. The molecule has 296 valence electrons. The van der Waals surface area contributed by atoms with E-state index in [9.17, 15) is 14.7 Å². The van der Waals surface area contributed by atoms with Gasteiger partial charge in [-0.3, -0.25) is 19.2 Å². The van der Waals surface area contributed by atoms with E-state index in [1.807, 2.05) is 78.9 Å². The molecule has 0 aliphatic carbocycles. The number of hydrogen-bond donors (Lipinski definition) is 2. The Kier molecular flexibility index (Phi) is 13.6. The number of aliphatic hydroxyl groups excluding tert-OH is 1. The summed E-state index contributed by atoms with van der Waals surface area (Å²) in [5, 5.41) is 13.9. The molecular formula is C44H50BrN3O8. The fourth-order valence-corrected chi connectivity index (χ4v) is 9.58. The first-order valence-corrected chi connectivity index (χ1v) is 20.0. The Morgan fingerprint density at radius 3 is 2.27 bits per heavy atom. The Morgan fingerprint density at radius 2 is 1.66 bits per heavy atom. The summed E-state index contributed by atoms with van der Waals surface area (Å²) < 4.78 is 18.7. The molecule has 9 atom stereocenters. The third-order valence-corrected chi connectivity index (χ3v) is 11.9. The quantitative estimate of drug-likeness (QED) is 0.0988. The van der Waals surface area contributed by atoms with E-state index in [0.717, 1.165) is 11.1 Å². The standard InChI is InChI=1S/C44H50BrN3O8/c1-4-6-22-35(50)46-34(28-54-3)38(31-20-14-9-15-21-31)55-43(53)36-37-41(51)48(32(27-49)24-29-16-10-7-11-17-29)40(44(37)25-33(45)39(36)56-44)42(52)47(23-5-2)26-30-18-12-8-13-19-30/h4-5,7-21,32-34,36-40,49H,1-2,6,22-28H2,3H3,(H,46,50)/t32-,33?,34+,36+,37-,38+,39+,40+,44-/m1/s1. The molecule has 3 aromatic rings.